The fourth-order valence-corrected chi connectivity index (χ4v) is 6.98. The van der Waals surface area contributed by atoms with Crippen LogP contribution in [0.4, 0.5) is 0 Å². The SMILES string of the molecule is BrCc1ccc2cncc(Br)c2c1.CN(C)C1CCN(Cc2ccc3cncc(Br)c3c2)CC1.CN(C)C1CCNCC1. The second-order valence-electron chi connectivity index (χ2n) is 11.9. The molecule has 9 heteroatoms. The van der Waals surface area contributed by atoms with Crippen LogP contribution in [0.25, 0.3) is 21.5 Å². The van der Waals surface area contributed by atoms with Gasteiger partial charge in [0.1, 0.15) is 0 Å². The lowest BCUT2D eigenvalue weighted by Crippen LogP contribution is -2.41. The topological polar surface area (TPSA) is 47.5 Å². The van der Waals surface area contributed by atoms with Gasteiger partial charge in [-0.15, -0.1) is 0 Å². The Kier molecular flexibility index (Phi) is 13.8. The average Bonchev–Trinajstić information content (AvgIpc) is 3.03. The number of rotatable bonds is 5. The number of benzene rings is 2. The van der Waals surface area contributed by atoms with Gasteiger partial charge < -0.3 is 15.1 Å². The second kappa shape index (κ2) is 17.3. The molecule has 0 atom stereocenters. The molecule has 43 heavy (non-hydrogen) atoms. The Morgan fingerprint density at radius 2 is 1.21 bits per heavy atom. The zero-order chi connectivity index (χ0) is 30.8. The van der Waals surface area contributed by atoms with Crippen LogP contribution in [0.15, 0.2) is 70.1 Å². The molecule has 2 aromatic heterocycles. The summed E-state index contributed by atoms with van der Waals surface area (Å²) < 4.78 is 2.13. The van der Waals surface area contributed by atoms with Crippen LogP contribution in [0.3, 0.4) is 0 Å². The van der Waals surface area contributed by atoms with E-state index in [-0.39, 0.29) is 0 Å². The normalized spacial score (nSPS) is 16.7. The molecule has 6 nitrogen and oxygen atoms in total. The van der Waals surface area contributed by atoms with E-state index in [1.54, 1.807) is 0 Å². The van der Waals surface area contributed by atoms with Crippen LogP contribution < -0.4 is 5.32 Å². The molecule has 0 aliphatic carbocycles. The molecule has 0 saturated carbocycles. The van der Waals surface area contributed by atoms with E-state index < -0.39 is 0 Å². The lowest BCUT2D eigenvalue weighted by molar-refractivity contribution is 0.140. The number of fused-ring (bicyclic) bond motifs is 2. The van der Waals surface area contributed by atoms with Crippen molar-refractivity contribution >= 4 is 69.3 Å². The standard InChI is InChI=1S/C17H22BrN3.C10H7Br2N.C7H16N2/c1-20(2)15-5-7-21(8-6-15)12-13-3-4-14-10-19-11-17(18)16(14)9-13;11-4-7-1-2-8-5-13-6-10(12)9(8)3-7;1-9(2)7-3-5-8-6-4-7/h3-4,9-11,15H,5-8,12H2,1-2H3;1-3,5-6H,4H2;7-8H,3-6H2,1-2H3. The van der Waals surface area contributed by atoms with E-state index in [2.05, 4.69) is 142 Å². The Balaban J connectivity index is 0.000000163. The number of hydrogen-bond donors (Lipinski definition) is 1. The van der Waals surface area contributed by atoms with Crippen LogP contribution in [0, 0.1) is 0 Å². The minimum Gasteiger partial charge on any atom is -0.317 e. The lowest BCUT2D eigenvalue weighted by Gasteiger charge is -2.35. The smallest absolute Gasteiger partial charge is 0.0437 e. The summed E-state index contributed by atoms with van der Waals surface area (Å²) >= 11 is 10.5. The van der Waals surface area contributed by atoms with Crippen LogP contribution in [-0.4, -0.2) is 91.1 Å². The van der Waals surface area contributed by atoms with Gasteiger partial charge in [0.05, 0.1) is 0 Å². The summed E-state index contributed by atoms with van der Waals surface area (Å²) in [5.41, 5.74) is 2.66. The van der Waals surface area contributed by atoms with Gasteiger partial charge in [-0.2, -0.15) is 0 Å². The van der Waals surface area contributed by atoms with Crippen LogP contribution in [0.1, 0.15) is 36.8 Å². The maximum absolute atomic E-state index is 4.22. The van der Waals surface area contributed by atoms with Crippen molar-refractivity contribution in [3.63, 3.8) is 0 Å². The van der Waals surface area contributed by atoms with Gasteiger partial charge in [-0.05, 0) is 146 Å². The van der Waals surface area contributed by atoms with E-state index in [1.807, 2.05) is 24.8 Å². The fraction of sp³-hybridized carbons (Fsp3) is 0.471. The Bertz CT molecular complexity index is 1430. The zero-order valence-corrected chi connectivity index (χ0v) is 30.6. The van der Waals surface area contributed by atoms with Crippen LogP contribution in [0.5, 0.6) is 0 Å². The average molecular weight is 777 g/mol. The summed E-state index contributed by atoms with van der Waals surface area (Å²) in [6.07, 6.45) is 12.7. The number of pyridine rings is 2. The van der Waals surface area contributed by atoms with Gasteiger partial charge in [-0.1, -0.05) is 40.2 Å². The number of nitrogens with zero attached hydrogens (tertiary/aromatic N) is 5. The molecule has 2 aromatic carbocycles. The van der Waals surface area contributed by atoms with Gasteiger partial charge in [-0.25, -0.2) is 0 Å². The molecule has 0 unspecified atom stereocenters. The van der Waals surface area contributed by atoms with Crippen molar-refractivity contribution in [2.45, 2.75) is 49.6 Å². The minimum atomic E-state index is 0.748. The van der Waals surface area contributed by atoms with E-state index in [0.717, 1.165) is 32.9 Å². The number of aromatic nitrogens is 2. The maximum atomic E-state index is 4.22. The van der Waals surface area contributed by atoms with Gasteiger partial charge in [0, 0.05) is 68.5 Å². The van der Waals surface area contributed by atoms with E-state index in [4.69, 9.17) is 0 Å². The summed E-state index contributed by atoms with van der Waals surface area (Å²) in [6, 6.07) is 14.6. The van der Waals surface area contributed by atoms with Gasteiger partial charge in [0.25, 0.3) is 0 Å². The Morgan fingerprint density at radius 3 is 1.70 bits per heavy atom. The predicted octanol–water partition coefficient (Wildman–Crippen LogP) is 7.72. The molecule has 1 N–H and O–H groups in total. The monoisotopic (exact) mass is 774 g/mol. The zero-order valence-electron chi connectivity index (χ0n) is 25.9. The van der Waals surface area contributed by atoms with E-state index in [1.165, 1.54) is 84.5 Å². The van der Waals surface area contributed by atoms with Crippen molar-refractivity contribution in [2.75, 3.05) is 54.4 Å². The molecule has 2 fully saturated rings. The molecule has 2 aliphatic rings. The first-order chi connectivity index (χ1) is 20.7. The number of nitrogens with one attached hydrogen (secondary N) is 1. The fourth-order valence-electron chi connectivity index (χ4n) is 5.71. The largest absolute Gasteiger partial charge is 0.317 e. The van der Waals surface area contributed by atoms with E-state index in [9.17, 15) is 0 Å². The van der Waals surface area contributed by atoms with Crippen LogP contribution in [0.2, 0.25) is 0 Å². The molecule has 4 aromatic rings. The van der Waals surface area contributed by atoms with E-state index >= 15 is 0 Å². The summed E-state index contributed by atoms with van der Waals surface area (Å²) in [4.78, 5) is 15.6. The number of hydrogen-bond acceptors (Lipinski definition) is 6. The molecule has 0 spiro atoms. The number of alkyl halides is 1. The predicted molar refractivity (Wildman–Crippen MR) is 193 cm³/mol. The van der Waals surface area contributed by atoms with Crippen molar-refractivity contribution < 1.29 is 0 Å². The summed E-state index contributed by atoms with van der Waals surface area (Å²) in [7, 11) is 8.70. The van der Waals surface area contributed by atoms with E-state index in [0.29, 0.717) is 0 Å². The minimum absolute atomic E-state index is 0.748. The summed E-state index contributed by atoms with van der Waals surface area (Å²) in [6.45, 7) is 5.83. The van der Waals surface area contributed by atoms with Crippen molar-refractivity contribution in [3.8, 4) is 0 Å². The number of halogens is 3. The molecule has 0 amide bonds. The molecule has 232 valence electrons. The molecule has 6 rings (SSSR count). The molecule has 2 aliphatic heterocycles. The Labute approximate surface area is 283 Å². The highest BCUT2D eigenvalue weighted by Crippen LogP contribution is 2.26. The number of likely N-dealkylation sites (tertiary alicyclic amines) is 1. The first kappa shape index (κ1) is 34.4. The third-order valence-electron chi connectivity index (χ3n) is 8.44. The van der Waals surface area contributed by atoms with Crippen molar-refractivity contribution in [2.24, 2.45) is 0 Å². The highest BCUT2D eigenvalue weighted by atomic mass is 79.9. The molecular formula is C34H45Br3N6. The third kappa shape index (κ3) is 10.3. The third-order valence-corrected chi connectivity index (χ3v) is 10.4. The van der Waals surface area contributed by atoms with Crippen molar-refractivity contribution in [3.05, 3.63) is 81.3 Å². The highest BCUT2D eigenvalue weighted by molar-refractivity contribution is 9.11. The first-order valence-corrected chi connectivity index (χ1v) is 17.8. The van der Waals surface area contributed by atoms with Crippen molar-refractivity contribution in [1.82, 2.24) is 30.0 Å². The van der Waals surface area contributed by atoms with Gasteiger partial charge in [-0.3, -0.25) is 14.9 Å². The summed E-state index contributed by atoms with van der Waals surface area (Å²) in [5, 5.41) is 9.06. The maximum Gasteiger partial charge on any atom is 0.0437 e. The number of piperidine rings is 2. The molecular weight excluding hydrogens is 732 g/mol. The summed E-state index contributed by atoms with van der Waals surface area (Å²) in [5.74, 6) is 0. The highest BCUT2D eigenvalue weighted by Gasteiger charge is 2.20. The molecule has 0 bridgehead atoms. The quantitative estimate of drug-likeness (QED) is 0.210. The molecule has 4 heterocycles. The Hall–Kier alpha value is -1.46. The van der Waals surface area contributed by atoms with Gasteiger partial charge >= 0.3 is 0 Å². The van der Waals surface area contributed by atoms with Gasteiger partial charge in [0.15, 0.2) is 0 Å². The molecule has 0 radical (unpaired) electrons. The van der Waals surface area contributed by atoms with Crippen molar-refractivity contribution in [1.29, 1.82) is 0 Å². The van der Waals surface area contributed by atoms with Crippen LogP contribution in [-0.2, 0) is 11.9 Å². The van der Waals surface area contributed by atoms with Crippen LogP contribution >= 0.6 is 47.8 Å². The van der Waals surface area contributed by atoms with Gasteiger partial charge in [0.2, 0.25) is 0 Å². The second-order valence-corrected chi connectivity index (χ2v) is 14.2. The first-order valence-electron chi connectivity index (χ1n) is 15.1. The lowest BCUT2D eigenvalue weighted by atomic mass is 10.0. The molecule has 2 saturated heterocycles. The Morgan fingerprint density at radius 1 is 0.721 bits per heavy atom.